The highest BCUT2D eigenvalue weighted by atomic mass is 16.6. The van der Waals surface area contributed by atoms with E-state index in [1.165, 1.54) is 225 Å². The number of ether oxygens (including phenoxy) is 3. The van der Waals surface area contributed by atoms with Crippen LogP contribution in [0.2, 0.25) is 0 Å². The minimum Gasteiger partial charge on any atom is -0.462 e. The summed E-state index contributed by atoms with van der Waals surface area (Å²) in [5.41, 5.74) is 0. The molecule has 0 aromatic rings. The maximum absolute atomic E-state index is 12.8. The monoisotopic (exact) mass is 905 g/mol. The van der Waals surface area contributed by atoms with Crippen molar-refractivity contribution in [2.45, 2.75) is 336 Å². The van der Waals surface area contributed by atoms with Gasteiger partial charge in [0.15, 0.2) is 6.10 Å². The molecular weight excluding hydrogens is 793 g/mol. The first-order valence-electron chi connectivity index (χ1n) is 28.9. The lowest BCUT2D eigenvalue weighted by atomic mass is 10.0. The SMILES string of the molecule is CCCCCCCCCCCCCCCCCCCC(=O)OC[C@@H](COC(=O)CCCCCCCCCCCCCCCCCC)OC(=O)CCCCCCCCCCCCC(C)C. The van der Waals surface area contributed by atoms with Crippen LogP contribution in [0.5, 0.6) is 0 Å². The van der Waals surface area contributed by atoms with Gasteiger partial charge in [0.05, 0.1) is 0 Å². The number of hydrogen-bond acceptors (Lipinski definition) is 6. The third kappa shape index (κ3) is 51.4. The number of esters is 3. The molecule has 0 saturated carbocycles. The van der Waals surface area contributed by atoms with Crippen LogP contribution in [0.4, 0.5) is 0 Å². The molecule has 6 nitrogen and oxygen atoms in total. The van der Waals surface area contributed by atoms with E-state index in [9.17, 15) is 14.4 Å². The third-order valence-electron chi connectivity index (χ3n) is 13.3. The minimum atomic E-state index is -0.762. The van der Waals surface area contributed by atoms with Crippen molar-refractivity contribution in [3.8, 4) is 0 Å². The molecule has 0 unspecified atom stereocenters. The average Bonchev–Trinajstić information content (AvgIpc) is 3.28. The molecule has 0 aliphatic carbocycles. The molecule has 380 valence electrons. The molecule has 0 heterocycles. The van der Waals surface area contributed by atoms with Crippen molar-refractivity contribution in [2.24, 2.45) is 5.92 Å². The number of carbonyl (C=O) groups excluding carboxylic acids is 3. The summed E-state index contributed by atoms with van der Waals surface area (Å²) >= 11 is 0. The van der Waals surface area contributed by atoms with E-state index in [1.807, 2.05) is 0 Å². The minimum absolute atomic E-state index is 0.0622. The Balaban J connectivity index is 4.28. The van der Waals surface area contributed by atoms with Crippen molar-refractivity contribution in [3.63, 3.8) is 0 Å². The molecule has 6 heteroatoms. The van der Waals surface area contributed by atoms with Gasteiger partial charge in [0.1, 0.15) is 13.2 Å². The van der Waals surface area contributed by atoms with Gasteiger partial charge in [-0.15, -0.1) is 0 Å². The summed E-state index contributed by atoms with van der Waals surface area (Å²) in [6, 6.07) is 0. The molecule has 0 aromatic heterocycles. The Kier molecular flexibility index (Phi) is 51.1. The first kappa shape index (κ1) is 62.4. The summed E-state index contributed by atoms with van der Waals surface area (Å²) in [4.78, 5) is 38.1. The molecule has 0 saturated heterocycles. The van der Waals surface area contributed by atoms with Gasteiger partial charge in [-0.05, 0) is 25.2 Å². The van der Waals surface area contributed by atoms with Gasteiger partial charge in [0.25, 0.3) is 0 Å². The zero-order valence-electron chi connectivity index (χ0n) is 43.8. The quantitative estimate of drug-likeness (QED) is 0.0344. The molecule has 0 amide bonds. The van der Waals surface area contributed by atoms with Gasteiger partial charge in [-0.1, -0.05) is 291 Å². The van der Waals surface area contributed by atoms with Crippen molar-refractivity contribution >= 4 is 17.9 Å². The van der Waals surface area contributed by atoms with Crippen molar-refractivity contribution in [1.82, 2.24) is 0 Å². The predicted octanol–water partition coefficient (Wildman–Crippen LogP) is 19.0. The highest BCUT2D eigenvalue weighted by Crippen LogP contribution is 2.18. The fourth-order valence-corrected chi connectivity index (χ4v) is 8.92. The molecule has 0 bridgehead atoms. The van der Waals surface area contributed by atoms with Gasteiger partial charge >= 0.3 is 17.9 Å². The summed E-state index contributed by atoms with van der Waals surface area (Å²) in [6.45, 7) is 9.05. The Morgan fingerprint density at radius 1 is 0.297 bits per heavy atom. The van der Waals surface area contributed by atoms with Gasteiger partial charge in [0, 0.05) is 19.3 Å². The van der Waals surface area contributed by atoms with E-state index in [2.05, 4.69) is 27.7 Å². The van der Waals surface area contributed by atoms with E-state index in [0.717, 1.165) is 63.7 Å². The molecule has 0 aliphatic heterocycles. The molecule has 64 heavy (non-hydrogen) atoms. The molecule has 0 fully saturated rings. The van der Waals surface area contributed by atoms with E-state index >= 15 is 0 Å². The topological polar surface area (TPSA) is 78.9 Å². The molecule has 1 atom stereocenters. The maximum atomic E-state index is 12.8. The number of unbranched alkanes of at least 4 members (excludes halogenated alkanes) is 40. The Hall–Kier alpha value is -1.59. The fourth-order valence-electron chi connectivity index (χ4n) is 8.92. The van der Waals surface area contributed by atoms with Gasteiger partial charge in [-0.3, -0.25) is 14.4 Å². The van der Waals surface area contributed by atoms with E-state index in [-0.39, 0.29) is 31.1 Å². The second-order valence-electron chi connectivity index (χ2n) is 20.4. The first-order chi connectivity index (χ1) is 31.4. The zero-order chi connectivity index (χ0) is 46.7. The Morgan fingerprint density at radius 3 is 0.766 bits per heavy atom. The van der Waals surface area contributed by atoms with E-state index in [1.54, 1.807) is 0 Å². The summed E-state index contributed by atoms with van der Waals surface area (Å²) in [5.74, 6) is -0.0203. The third-order valence-corrected chi connectivity index (χ3v) is 13.3. The van der Waals surface area contributed by atoms with Crippen LogP contribution in [0.1, 0.15) is 329 Å². The van der Waals surface area contributed by atoms with E-state index in [4.69, 9.17) is 14.2 Å². The lowest BCUT2D eigenvalue weighted by Gasteiger charge is -2.18. The van der Waals surface area contributed by atoms with Crippen LogP contribution in [-0.2, 0) is 28.6 Å². The average molecular weight is 906 g/mol. The number of rotatable bonds is 53. The van der Waals surface area contributed by atoms with Gasteiger partial charge in [-0.25, -0.2) is 0 Å². The zero-order valence-corrected chi connectivity index (χ0v) is 43.8. The largest absolute Gasteiger partial charge is 0.462 e. The summed E-state index contributed by atoms with van der Waals surface area (Å²) < 4.78 is 16.9. The van der Waals surface area contributed by atoms with Crippen LogP contribution in [0.15, 0.2) is 0 Å². The molecule has 0 aromatic carbocycles. The van der Waals surface area contributed by atoms with E-state index in [0.29, 0.717) is 19.3 Å². The summed E-state index contributed by atoms with van der Waals surface area (Å²) in [7, 11) is 0. The lowest BCUT2D eigenvalue weighted by molar-refractivity contribution is -0.167. The van der Waals surface area contributed by atoms with Crippen LogP contribution < -0.4 is 0 Å². The molecule has 0 aliphatic rings. The van der Waals surface area contributed by atoms with Crippen molar-refractivity contribution in [1.29, 1.82) is 0 Å². The van der Waals surface area contributed by atoms with Crippen LogP contribution in [0.3, 0.4) is 0 Å². The molecule has 0 rings (SSSR count). The predicted molar refractivity (Wildman–Crippen MR) is 275 cm³/mol. The molecule has 0 spiro atoms. The Labute approximate surface area is 399 Å². The molecular formula is C58H112O6. The summed E-state index contributed by atoms with van der Waals surface area (Å²) in [5, 5.41) is 0. The normalized spacial score (nSPS) is 12.0. The van der Waals surface area contributed by atoms with Gasteiger partial charge in [0.2, 0.25) is 0 Å². The van der Waals surface area contributed by atoms with Crippen LogP contribution >= 0.6 is 0 Å². The number of carbonyl (C=O) groups is 3. The van der Waals surface area contributed by atoms with Gasteiger partial charge in [-0.2, -0.15) is 0 Å². The second kappa shape index (κ2) is 52.4. The molecule has 0 N–H and O–H groups in total. The Morgan fingerprint density at radius 2 is 0.516 bits per heavy atom. The maximum Gasteiger partial charge on any atom is 0.306 e. The first-order valence-corrected chi connectivity index (χ1v) is 28.9. The second-order valence-corrected chi connectivity index (χ2v) is 20.4. The smallest absolute Gasteiger partial charge is 0.306 e. The van der Waals surface area contributed by atoms with Gasteiger partial charge < -0.3 is 14.2 Å². The summed E-state index contributed by atoms with van der Waals surface area (Å²) in [6.07, 6.45) is 56.6. The lowest BCUT2D eigenvalue weighted by Crippen LogP contribution is -2.30. The highest BCUT2D eigenvalue weighted by molar-refractivity contribution is 5.71. The van der Waals surface area contributed by atoms with Crippen molar-refractivity contribution in [2.75, 3.05) is 13.2 Å². The Bertz CT molecular complexity index is 964. The van der Waals surface area contributed by atoms with Crippen LogP contribution in [0, 0.1) is 5.92 Å². The van der Waals surface area contributed by atoms with Crippen molar-refractivity contribution in [3.05, 3.63) is 0 Å². The standard InChI is InChI=1S/C58H112O6/c1-5-7-9-11-13-15-17-19-21-23-25-27-29-34-38-42-46-50-57(60)63-53-55(64-58(61)51-47-43-39-35-31-30-32-36-40-44-48-54(3)4)52-62-56(59)49-45-41-37-33-28-26-24-22-20-18-16-14-12-10-8-6-2/h54-55H,5-53H2,1-4H3/t55-/m1/s1. The van der Waals surface area contributed by atoms with E-state index < -0.39 is 6.10 Å². The highest BCUT2D eigenvalue weighted by Gasteiger charge is 2.19. The van der Waals surface area contributed by atoms with Crippen molar-refractivity contribution < 1.29 is 28.6 Å². The fraction of sp³-hybridized carbons (Fsp3) is 0.948. The molecule has 0 radical (unpaired) electrons. The number of hydrogen-bond donors (Lipinski definition) is 0. The van der Waals surface area contributed by atoms with Crippen LogP contribution in [0.25, 0.3) is 0 Å². The van der Waals surface area contributed by atoms with Crippen LogP contribution in [-0.4, -0.2) is 37.2 Å².